The summed E-state index contributed by atoms with van der Waals surface area (Å²) in [7, 11) is 0. The highest BCUT2D eigenvalue weighted by Crippen LogP contribution is 2.31. The zero-order valence-electron chi connectivity index (χ0n) is 22.1. The van der Waals surface area contributed by atoms with Crippen LogP contribution in [-0.4, -0.2) is 40.0 Å². The lowest BCUT2D eigenvalue weighted by Crippen LogP contribution is -2.58. The van der Waals surface area contributed by atoms with Crippen molar-refractivity contribution in [2.75, 3.05) is 0 Å². The summed E-state index contributed by atoms with van der Waals surface area (Å²) in [6.07, 6.45) is -0.687. The lowest BCUT2D eigenvalue weighted by Gasteiger charge is -2.43. The van der Waals surface area contributed by atoms with Gasteiger partial charge in [-0.05, 0) is 72.1 Å². The molecule has 0 aliphatic carbocycles. The van der Waals surface area contributed by atoms with E-state index < -0.39 is 29.3 Å². The summed E-state index contributed by atoms with van der Waals surface area (Å²) in [6.45, 7) is 14.7. The topological polar surface area (TPSA) is 87.7 Å². The van der Waals surface area contributed by atoms with Gasteiger partial charge in [0.15, 0.2) is 0 Å². The van der Waals surface area contributed by atoms with Gasteiger partial charge < -0.3 is 20.3 Å². The average molecular weight is 482 g/mol. The van der Waals surface area contributed by atoms with Crippen LogP contribution in [0, 0.1) is 6.92 Å². The van der Waals surface area contributed by atoms with E-state index in [2.05, 4.69) is 10.6 Å². The van der Waals surface area contributed by atoms with Gasteiger partial charge in [0.2, 0.25) is 11.8 Å². The van der Waals surface area contributed by atoms with Crippen LogP contribution in [0.3, 0.4) is 0 Å². The van der Waals surface area contributed by atoms with Gasteiger partial charge in [-0.15, -0.1) is 0 Å². The predicted octanol–water partition coefficient (Wildman–Crippen LogP) is 4.89. The Balaban J connectivity index is 2.41. The molecule has 190 valence electrons. The van der Waals surface area contributed by atoms with Crippen LogP contribution in [0.1, 0.15) is 71.2 Å². The molecule has 0 aliphatic rings. The molecule has 0 fully saturated rings. The van der Waals surface area contributed by atoms with Crippen LogP contribution in [0.2, 0.25) is 0 Å². The number of amides is 3. The number of carbonyl (C=O) groups excluding carboxylic acids is 3. The molecule has 0 aromatic heterocycles. The smallest absolute Gasteiger partial charge is 0.408 e. The van der Waals surface area contributed by atoms with E-state index in [4.69, 9.17) is 4.74 Å². The van der Waals surface area contributed by atoms with Gasteiger partial charge in [0, 0.05) is 12.1 Å². The number of alkyl carbamates (subject to hydrolysis) is 1. The second-order valence-corrected chi connectivity index (χ2v) is 10.7. The number of hydrogen-bond donors (Lipinski definition) is 2. The highest BCUT2D eigenvalue weighted by Gasteiger charge is 2.41. The van der Waals surface area contributed by atoms with Crippen LogP contribution in [-0.2, 0) is 20.9 Å². The Bertz CT molecular complexity index is 1020. The van der Waals surface area contributed by atoms with E-state index in [1.807, 2.05) is 82.3 Å². The number of benzene rings is 2. The molecule has 35 heavy (non-hydrogen) atoms. The van der Waals surface area contributed by atoms with E-state index in [1.165, 1.54) is 0 Å². The first kappa shape index (κ1) is 27.9. The molecule has 0 spiro atoms. The summed E-state index contributed by atoms with van der Waals surface area (Å²) < 4.78 is 5.32. The van der Waals surface area contributed by atoms with E-state index in [0.29, 0.717) is 6.54 Å². The first-order valence-corrected chi connectivity index (χ1v) is 11.9. The molecule has 2 rings (SSSR count). The van der Waals surface area contributed by atoms with Crippen molar-refractivity contribution in [2.45, 2.75) is 85.2 Å². The van der Waals surface area contributed by atoms with Crippen molar-refractivity contribution in [1.29, 1.82) is 0 Å². The fourth-order valence-electron chi connectivity index (χ4n) is 3.77. The Morgan fingerprint density at radius 3 is 2.03 bits per heavy atom. The fraction of sp³-hybridized carbons (Fsp3) is 0.464. The van der Waals surface area contributed by atoms with Crippen molar-refractivity contribution >= 4 is 17.9 Å². The van der Waals surface area contributed by atoms with Gasteiger partial charge in [0.05, 0.1) is 0 Å². The minimum atomic E-state index is -0.905. The van der Waals surface area contributed by atoms with Crippen LogP contribution in [0.4, 0.5) is 4.79 Å². The summed E-state index contributed by atoms with van der Waals surface area (Å²) in [5.74, 6) is -0.678. The zero-order chi connectivity index (χ0) is 26.4. The zero-order valence-corrected chi connectivity index (χ0v) is 22.1. The number of hydrogen-bond acceptors (Lipinski definition) is 4. The maximum atomic E-state index is 13.8. The average Bonchev–Trinajstić information content (AvgIpc) is 2.74. The standard InChI is InChI=1S/C28H39N3O4/c1-19-14-12-13-17-22(19)23(24(32)29-18-21-15-10-9-11-16-21)31(27(3,4)5)25(33)20(2)30-26(34)35-28(6,7)8/h9-17,20,23H,18H2,1-8H3,(H,29,32)(H,30,34). The normalized spacial score (nSPS) is 13.4. The minimum absolute atomic E-state index is 0.295. The molecule has 0 saturated heterocycles. The third-order valence-corrected chi connectivity index (χ3v) is 5.36. The van der Waals surface area contributed by atoms with Crippen molar-refractivity contribution in [1.82, 2.24) is 15.5 Å². The highest BCUT2D eigenvalue weighted by molar-refractivity contribution is 5.92. The molecular weight excluding hydrogens is 442 g/mol. The van der Waals surface area contributed by atoms with Gasteiger partial charge in [0.25, 0.3) is 0 Å². The number of carbonyl (C=O) groups is 3. The maximum Gasteiger partial charge on any atom is 0.408 e. The predicted molar refractivity (Wildman–Crippen MR) is 138 cm³/mol. The molecule has 0 heterocycles. The molecule has 7 nitrogen and oxygen atoms in total. The largest absolute Gasteiger partial charge is 0.444 e. The molecule has 3 amide bonds. The first-order chi connectivity index (χ1) is 16.2. The van der Waals surface area contributed by atoms with Gasteiger partial charge in [-0.2, -0.15) is 0 Å². The van der Waals surface area contributed by atoms with Crippen LogP contribution < -0.4 is 10.6 Å². The molecule has 2 atom stereocenters. The van der Waals surface area contributed by atoms with Gasteiger partial charge in [0.1, 0.15) is 17.7 Å². The number of rotatable bonds is 7. The van der Waals surface area contributed by atoms with Crippen LogP contribution in [0.5, 0.6) is 0 Å². The van der Waals surface area contributed by atoms with Crippen molar-refractivity contribution in [3.8, 4) is 0 Å². The lowest BCUT2D eigenvalue weighted by molar-refractivity contribution is -0.148. The summed E-state index contributed by atoms with van der Waals surface area (Å²) in [6, 6.07) is 15.3. The van der Waals surface area contributed by atoms with E-state index in [9.17, 15) is 14.4 Å². The van der Waals surface area contributed by atoms with E-state index in [-0.39, 0.29) is 11.8 Å². The van der Waals surface area contributed by atoms with Gasteiger partial charge in [-0.25, -0.2) is 4.79 Å². The van der Waals surface area contributed by atoms with Crippen LogP contribution in [0.15, 0.2) is 54.6 Å². The minimum Gasteiger partial charge on any atom is -0.444 e. The molecule has 2 aromatic rings. The summed E-state index contributed by atoms with van der Waals surface area (Å²) in [5.41, 5.74) is 1.15. The molecule has 2 unspecified atom stereocenters. The molecular formula is C28H39N3O4. The van der Waals surface area contributed by atoms with Gasteiger partial charge >= 0.3 is 6.09 Å². The van der Waals surface area contributed by atoms with Crippen LogP contribution in [0.25, 0.3) is 0 Å². The molecule has 0 saturated carbocycles. The third kappa shape index (κ3) is 8.12. The Labute approximate surface area is 209 Å². The second-order valence-electron chi connectivity index (χ2n) is 10.7. The second kappa shape index (κ2) is 11.4. The number of ether oxygens (including phenoxy) is 1. The monoisotopic (exact) mass is 481 g/mol. The molecule has 0 radical (unpaired) electrons. The SMILES string of the molecule is Cc1ccccc1C(C(=O)NCc1ccccc1)N(C(=O)C(C)NC(=O)OC(C)(C)C)C(C)(C)C. The third-order valence-electron chi connectivity index (χ3n) is 5.36. The van der Waals surface area contributed by atoms with Crippen molar-refractivity contribution in [2.24, 2.45) is 0 Å². The summed E-state index contributed by atoms with van der Waals surface area (Å²) in [4.78, 5) is 41.4. The molecule has 7 heteroatoms. The molecule has 0 aliphatic heterocycles. The van der Waals surface area contributed by atoms with Gasteiger partial charge in [-0.1, -0.05) is 54.6 Å². The van der Waals surface area contributed by atoms with E-state index in [0.717, 1.165) is 16.7 Å². The summed E-state index contributed by atoms with van der Waals surface area (Å²) >= 11 is 0. The number of nitrogens with zero attached hydrogens (tertiary/aromatic N) is 1. The Morgan fingerprint density at radius 1 is 0.914 bits per heavy atom. The summed E-state index contributed by atoms with van der Waals surface area (Å²) in [5, 5.41) is 5.62. The number of aryl methyl sites for hydroxylation is 1. The number of nitrogens with one attached hydrogen (secondary N) is 2. The quantitative estimate of drug-likeness (QED) is 0.589. The lowest BCUT2D eigenvalue weighted by atomic mass is 9.93. The van der Waals surface area contributed by atoms with Crippen molar-refractivity contribution < 1.29 is 19.1 Å². The molecule has 0 bridgehead atoms. The van der Waals surface area contributed by atoms with Crippen molar-refractivity contribution in [3.05, 3.63) is 71.3 Å². The Morgan fingerprint density at radius 2 is 1.49 bits per heavy atom. The van der Waals surface area contributed by atoms with E-state index >= 15 is 0 Å². The van der Waals surface area contributed by atoms with E-state index in [1.54, 1.807) is 32.6 Å². The Hall–Kier alpha value is -3.35. The Kier molecular flexibility index (Phi) is 9.07. The first-order valence-electron chi connectivity index (χ1n) is 11.9. The fourth-order valence-corrected chi connectivity index (χ4v) is 3.77. The molecule has 2 aromatic carbocycles. The van der Waals surface area contributed by atoms with Crippen LogP contribution >= 0.6 is 0 Å². The van der Waals surface area contributed by atoms with Gasteiger partial charge in [-0.3, -0.25) is 9.59 Å². The van der Waals surface area contributed by atoms with Crippen molar-refractivity contribution in [3.63, 3.8) is 0 Å². The molecule has 2 N–H and O–H groups in total. The maximum absolute atomic E-state index is 13.8. The highest BCUT2D eigenvalue weighted by atomic mass is 16.6.